The number of aromatic nitrogens is 5. The summed E-state index contributed by atoms with van der Waals surface area (Å²) in [6.45, 7) is 3.78. The first-order valence-electron chi connectivity index (χ1n) is 14.2. The van der Waals surface area contributed by atoms with Crippen LogP contribution in [0.15, 0.2) is 30.7 Å². The first-order chi connectivity index (χ1) is 19.8. The van der Waals surface area contributed by atoms with E-state index in [2.05, 4.69) is 20.8 Å². The van der Waals surface area contributed by atoms with Gasteiger partial charge in [0.15, 0.2) is 5.65 Å². The van der Waals surface area contributed by atoms with E-state index in [9.17, 15) is 31.5 Å². The Morgan fingerprint density at radius 2 is 1.74 bits per heavy atom. The number of hydrogen-bond donors (Lipinski definition) is 2. The Balaban J connectivity index is 1.40. The minimum Gasteiger partial charge on any atom is -0.349 e. The van der Waals surface area contributed by atoms with Gasteiger partial charge in [-0.15, -0.1) is 0 Å². The quantitative estimate of drug-likeness (QED) is 0.292. The monoisotopic (exact) mass is 595 g/mol. The Labute approximate surface area is 239 Å². The molecule has 0 spiro atoms. The van der Waals surface area contributed by atoms with Crippen molar-refractivity contribution in [2.24, 2.45) is 11.8 Å². The summed E-state index contributed by atoms with van der Waals surface area (Å²) in [7, 11) is 0. The average Bonchev–Trinajstić information content (AvgIpc) is 3.47. The lowest BCUT2D eigenvalue weighted by molar-refractivity contribution is -0.144. The zero-order valence-electron chi connectivity index (χ0n) is 23.4. The van der Waals surface area contributed by atoms with Crippen molar-refractivity contribution in [3.05, 3.63) is 47.7 Å². The molecule has 228 valence electrons. The van der Waals surface area contributed by atoms with Gasteiger partial charge in [0.25, 0.3) is 5.91 Å². The van der Waals surface area contributed by atoms with Crippen LogP contribution in [0.4, 0.5) is 22.0 Å². The summed E-state index contributed by atoms with van der Waals surface area (Å²) in [5.41, 5.74) is 1.82. The third kappa shape index (κ3) is 7.06. The van der Waals surface area contributed by atoms with Crippen molar-refractivity contribution in [1.82, 2.24) is 35.0 Å². The second-order valence-corrected chi connectivity index (χ2v) is 11.7. The van der Waals surface area contributed by atoms with E-state index in [0.717, 1.165) is 12.8 Å². The first kappa shape index (κ1) is 29.9. The summed E-state index contributed by atoms with van der Waals surface area (Å²) >= 11 is 0. The van der Waals surface area contributed by atoms with E-state index in [4.69, 9.17) is 4.98 Å². The predicted molar refractivity (Wildman–Crippen MR) is 142 cm³/mol. The molecule has 0 bridgehead atoms. The number of nitrogens with one attached hydrogen (secondary N) is 2. The molecule has 0 radical (unpaired) electrons. The number of amides is 2. The smallest absolute Gasteiger partial charge is 0.349 e. The Bertz CT molecular complexity index is 1420. The molecule has 3 aromatic heterocycles. The van der Waals surface area contributed by atoms with Crippen molar-refractivity contribution in [3.63, 3.8) is 0 Å². The van der Waals surface area contributed by atoms with Crippen molar-refractivity contribution in [2.45, 2.75) is 95.4 Å². The highest BCUT2D eigenvalue weighted by Crippen LogP contribution is 2.43. The minimum atomic E-state index is -4.42. The maximum absolute atomic E-state index is 14.0. The highest BCUT2D eigenvalue weighted by Gasteiger charge is 2.40. The fourth-order valence-electron chi connectivity index (χ4n) is 5.58. The largest absolute Gasteiger partial charge is 0.389 e. The second kappa shape index (κ2) is 11.6. The summed E-state index contributed by atoms with van der Waals surface area (Å²) in [6, 6.07) is 2.07. The Kier molecular flexibility index (Phi) is 8.26. The molecule has 42 heavy (non-hydrogen) atoms. The van der Waals surface area contributed by atoms with Gasteiger partial charge in [0, 0.05) is 31.5 Å². The van der Waals surface area contributed by atoms with Gasteiger partial charge in [-0.25, -0.2) is 18.3 Å². The van der Waals surface area contributed by atoms with E-state index < -0.39 is 48.8 Å². The second-order valence-electron chi connectivity index (χ2n) is 11.7. The molecule has 2 aliphatic rings. The molecular weight excluding hydrogens is 561 g/mol. The third-order valence-corrected chi connectivity index (χ3v) is 7.99. The summed E-state index contributed by atoms with van der Waals surface area (Å²) in [5.74, 6) is -4.05. The molecule has 2 N–H and O–H groups in total. The van der Waals surface area contributed by atoms with Crippen LogP contribution in [-0.2, 0) is 4.79 Å². The number of hydrogen-bond acceptors (Lipinski definition) is 5. The number of carbonyl (C=O) groups excluding carboxylic acids is 2. The Morgan fingerprint density at radius 3 is 2.38 bits per heavy atom. The number of carbonyl (C=O) groups is 2. The molecule has 9 nitrogen and oxygen atoms in total. The highest BCUT2D eigenvalue weighted by atomic mass is 19.4. The fraction of sp³-hybridized carbons (Fsp3) is 0.607. The molecule has 14 heteroatoms. The Morgan fingerprint density at radius 1 is 1.05 bits per heavy atom. The zero-order chi connectivity index (χ0) is 30.2. The molecule has 0 aliphatic heterocycles. The number of fused-ring (bicyclic) bond motifs is 1. The van der Waals surface area contributed by atoms with Crippen molar-refractivity contribution in [2.75, 3.05) is 0 Å². The number of imidazole rings is 1. The number of nitrogens with zero attached hydrogens (tertiary/aromatic N) is 5. The molecule has 3 heterocycles. The maximum atomic E-state index is 14.0. The lowest BCUT2D eigenvalue weighted by Gasteiger charge is -2.33. The normalized spacial score (nSPS) is 19.1. The van der Waals surface area contributed by atoms with Crippen LogP contribution in [0.25, 0.3) is 5.65 Å². The van der Waals surface area contributed by atoms with Crippen molar-refractivity contribution >= 4 is 17.5 Å². The van der Waals surface area contributed by atoms with Gasteiger partial charge in [-0.05, 0) is 69.1 Å². The van der Waals surface area contributed by atoms with Gasteiger partial charge in [0.2, 0.25) is 11.8 Å². The van der Waals surface area contributed by atoms with E-state index in [1.807, 2.05) is 13.8 Å². The lowest BCUT2D eigenvalue weighted by Crippen LogP contribution is -2.38. The summed E-state index contributed by atoms with van der Waals surface area (Å²) in [6.07, 6.45) is -0.113. The zero-order valence-corrected chi connectivity index (χ0v) is 23.4. The van der Waals surface area contributed by atoms with E-state index >= 15 is 0 Å². The summed E-state index contributed by atoms with van der Waals surface area (Å²) in [4.78, 5) is 30.4. The molecule has 2 amide bonds. The van der Waals surface area contributed by atoms with Crippen LogP contribution in [0.2, 0.25) is 0 Å². The van der Waals surface area contributed by atoms with Gasteiger partial charge in [-0.2, -0.15) is 23.4 Å². The van der Waals surface area contributed by atoms with Crippen LogP contribution in [0.1, 0.15) is 105 Å². The van der Waals surface area contributed by atoms with Gasteiger partial charge in [0.05, 0.1) is 36.6 Å². The molecule has 0 unspecified atom stereocenters. The SMILES string of the molecule is CC(C)n1nccc1C(=O)N[C@H](c1cn2ncc([C@H](NC(=O)CCC(F)(F)F)C3CC3)cc2n1)C1CCC(F)(F)CC1. The molecule has 0 saturated heterocycles. The number of alkyl halides is 5. The fourth-order valence-corrected chi connectivity index (χ4v) is 5.58. The topological polar surface area (TPSA) is 106 Å². The van der Waals surface area contributed by atoms with Gasteiger partial charge in [-0.3, -0.25) is 14.3 Å². The summed E-state index contributed by atoms with van der Waals surface area (Å²) in [5, 5.41) is 14.4. The van der Waals surface area contributed by atoms with Crippen molar-refractivity contribution < 1.29 is 31.5 Å². The van der Waals surface area contributed by atoms with Gasteiger partial charge in [0.1, 0.15) is 5.69 Å². The molecule has 0 aromatic carbocycles. The maximum Gasteiger partial charge on any atom is 0.389 e. The average molecular weight is 596 g/mol. The molecule has 2 fully saturated rings. The van der Waals surface area contributed by atoms with Crippen LogP contribution < -0.4 is 10.6 Å². The molecular formula is C28H34F5N7O2. The van der Waals surface area contributed by atoms with Crippen molar-refractivity contribution in [3.8, 4) is 0 Å². The minimum absolute atomic E-state index is 0.0706. The van der Waals surface area contributed by atoms with Gasteiger partial charge < -0.3 is 10.6 Å². The van der Waals surface area contributed by atoms with Crippen LogP contribution in [0, 0.1) is 11.8 Å². The van der Waals surface area contributed by atoms with E-state index in [1.54, 1.807) is 29.2 Å². The molecule has 5 rings (SSSR count). The summed E-state index contributed by atoms with van der Waals surface area (Å²) < 4.78 is 68.9. The van der Waals surface area contributed by atoms with Crippen LogP contribution in [0.5, 0.6) is 0 Å². The third-order valence-electron chi connectivity index (χ3n) is 7.99. The van der Waals surface area contributed by atoms with E-state index in [0.29, 0.717) is 22.6 Å². The number of rotatable bonds is 10. The first-order valence-corrected chi connectivity index (χ1v) is 14.2. The Hall–Kier alpha value is -3.58. The molecule has 3 aromatic rings. The van der Waals surface area contributed by atoms with Gasteiger partial charge in [-0.1, -0.05) is 0 Å². The lowest BCUT2D eigenvalue weighted by atomic mass is 9.81. The highest BCUT2D eigenvalue weighted by molar-refractivity contribution is 5.92. The van der Waals surface area contributed by atoms with Crippen LogP contribution >= 0.6 is 0 Å². The van der Waals surface area contributed by atoms with Crippen LogP contribution in [0.3, 0.4) is 0 Å². The number of halogens is 5. The molecule has 2 aliphatic carbocycles. The standard InChI is InChI=1S/C28H34F5N7O2/c1-16(2)40-21(8-12-34-40)26(42)38-25(18-5-9-27(29,30)10-6-18)20-15-39-22(36-20)13-19(14-35-39)24(17-3-4-17)37-23(41)7-11-28(31,32)33/h8,12-18,24-25H,3-7,9-11H2,1-2H3,(H,37,41)(H,38,42)/t24-,25+/m1/s1. The van der Waals surface area contributed by atoms with Gasteiger partial charge >= 0.3 is 6.18 Å². The molecule has 2 atom stereocenters. The van der Waals surface area contributed by atoms with E-state index in [-0.39, 0.29) is 43.6 Å². The van der Waals surface area contributed by atoms with Crippen LogP contribution in [-0.4, -0.2) is 48.3 Å². The molecule has 2 saturated carbocycles. The van der Waals surface area contributed by atoms with E-state index in [1.165, 1.54) is 10.7 Å². The predicted octanol–water partition coefficient (Wildman–Crippen LogP) is 5.71. The van der Waals surface area contributed by atoms with Crippen molar-refractivity contribution in [1.29, 1.82) is 0 Å².